The Kier molecular flexibility index (Phi) is 7.59. The fourth-order valence-electron chi connectivity index (χ4n) is 2.86. The summed E-state index contributed by atoms with van der Waals surface area (Å²) in [6, 6.07) is 18.6. The summed E-state index contributed by atoms with van der Waals surface area (Å²) < 4.78 is 17.7. The van der Waals surface area contributed by atoms with Crippen molar-refractivity contribution in [1.29, 1.82) is 0 Å². The summed E-state index contributed by atoms with van der Waals surface area (Å²) in [5, 5.41) is 18.4. The SMILES string of the molecule is Fc1ccc(-c2ccc(Cc3ccccc3Cl)s2)cc1.OC1COCC(O)C1. The lowest BCUT2D eigenvalue weighted by molar-refractivity contribution is -0.0714. The second kappa shape index (κ2) is 10.1. The van der Waals surface area contributed by atoms with E-state index in [1.54, 1.807) is 23.5 Å². The Balaban J connectivity index is 0.000000236. The van der Waals surface area contributed by atoms with Crippen LogP contribution in [0.25, 0.3) is 10.4 Å². The fraction of sp³-hybridized carbons (Fsp3) is 0.273. The highest BCUT2D eigenvalue weighted by molar-refractivity contribution is 7.15. The molecule has 0 radical (unpaired) electrons. The van der Waals surface area contributed by atoms with Crippen LogP contribution in [0.3, 0.4) is 0 Å². The largest absolute Gasteiger partial charge is 0.391 e. The van der Waals surface area contributed by atoms with E-state index in [0.29, 0.717) is 19.6 Å². The number of aliphatic hydroxyl groups is 2. The van der Waals surface area contributed by atoms with Crippen molar-refractivity contribution in [3.8, 4) is 10.4 Å². The lowest BCUT2D eigenvalue weighted by Gasteiger charge is -2.21. The molecule has 148 valence electrons. The van der Waals surface area contributed by atoms with Crippen LogP contribution in [0.4, 0.5) is 4.39 Å². The molecule has 2 unspecified atom stereocenters. The predicted molar refractivity (Wildman–Crippen MR) is 111 cm³/mol. The van der Waals surface area contributed by atoms with Crippen LogP contribution in [0.2, 0.25) is 5.02 Å². The number of benzene rings is 2. The van der Waals surface area contributed by atoms with Gasteiger partial charge in [0.2, 0.25) is 0 Å². The van der Waals surface area contributed by atoms with E-state index in [9.17, 15) is 4.39 Å². The minimum absolute atomic E-state index is 0.207. The van der Waals surface area contributed by atoms with Crippen molar-refractivity contribution in [3.05, 3.63) is 81.9 Å². The maximum atomic E-state index is 12.9. The van der Waals surface area contributed by atoms with E-state index in [2.05, 4.69) is 12.1 Å². The first kappa shape index (κ1) is 21.0. The molecule has 0 saturated carbocycles. The molecule has 1 aromatic heterocycles. The van der Waals surface area contributed by atoms with E-state index in [0.717, 1.165) is 27.4 Å². The number of aliphatic hydroxyl groups excluding tert-OH is 2. The molecule has 0 amide bonds. The minimum atomic E-state index is -0.459. The van der Waals surface area contributed by atoms with Crippen molar-refractivity contribution in [2.75, 3.05) is 13.2 Å². The van der Waals surface area contributed by atoms with E-state index in [4.69, 9.17) is 26.6 Å². The van der Waals surface area contributed by atoms with Gasteiger partial charge < -0.3 is 14.9 Å². The van der Waals surface area contributed by atoms with E-state index in [1.165, 1.54) is 17.0 Å². The summed E-state index contributed by atoms with van der Waals surface area (Å²) in [4.78, 5) is 2.39. The minimum Gasteiger partial charge on any atom is -0.391 e. The van der Waals surface area contributed by atoms with Gasteiger partial charge in [-0.2, -0.15) is 0 Å². The first-order chi connectivity index (χ1) is 13.5. The monoisotopic (exact) mass is 420 g/mol. The molecule has 3 aromatic rings. The number of halogens is 2. The lowest BCUT2D eigenvalue weighted by Crippen LogP contribution is -2.32. The quantitative estimate of drug-likeness (QED) is 0.631. The van der Waals surface area contributed by atoms with Crippen LogP contribution in [0.1, 0.15) is 16.9 Å². The molecule has 1 fully saturated rings. The third-order valence-corrected chi connectivity index (χ3v) is 5.78. The summed E-state index contributed by atoms with van der Waals surface area (Å²) in [6.45, 7) is 0.744. The molecule has 3 nitrogen and oxygen atoms in total. The van der Waals surface area contributed by atoms with Crippen molar-refractivity contribution in [2.45, 2.75) is 25.0 Å². The Hall–Kier alpha value is -1.76. The van der Waals surface area contributed by atoms with Gasteiger partial charge in [-0.15, -0.1) is 11.3 Å². The fourth-order valence-corrected chi connectivity index (χ4v) is 4.10. The van der Waals surface area contributed by atoms with Crippen LogP contribution in [-0.4, -0.2) is 35.6 Å². The second-order valence-electron chi connectivity index (χ2n) is 6.62. The molecule has 28 heavy (non-hydrogen) atoms. The molecular formula is C22H22ClFO3S. The van der Waals surface area contributed by atoms with Gasteiger partial charge >= 0.3 is 0 Å². The van der Waals surface area contributed by atoms with E-state index in [-0.39, 0.29) is 5.82 Å². The summed E-state index contributed by atoms with van der Waals surface area (Å²) in [7, 11) is 0. The normalized spacial score (nSPS) is 19.0. The highest BCUT2D eigenvalue weighted by Gasteiger charge is 2.17. The van der Waals surface area contributed by atoms with Gasteiger partial charge in [0.1, 0.15) is 5.82 Å². The zero-order chi connectivity index (χ0) is 19.9. The third kappa shape index (κ3) is 6.12. The molecule has 1 aliphatic heterocycles. The third-order valence-electron chi connectivity index (χ3n) is 4.28. The summed E-state index contributed by atoms with van der Waals surface area (Å²) in [5.74, 6) is -0.207. The molecule has 0 spiro atoms. The first-order valence-corrected chi connectivity index (χ1v) is 10.2. The van der Waals surface area contributed by atoms with E-state index in [1.807, 2.05) is 24.3 Å². The Morgan fingerprint density at radius 2 is 1.64 bits per heavy atom. The molecule has 2 atom stereocenters. The van der Waals surface area contributed by atoms with Crippen LogP contribution < -0.4 is 0 Å². The molecule has 6 heteroatoms. The Labute approximate surface area is 173 Å². The van der Waals surface area contributed by atoms with Crippen LogP contribution in [0.5, 0.6) is 0 Å². The maximum Gasteiger partial charge on any atom is 0.123 e. The second-order valence-corrected chi connectivity index (χ2v) is 8.20. The summed E-state index contributed by atoms with van der Waals surface area (Å²) in [5.41, 5.74) is 2.17. The summed E-state index contributed by atoms with van der Waals surface area (Å²) in [6.07, 6.45) is 0.364. The Bertz CT molecular complexity index is 873. The van der Waals surface area contributed by atoms with Gasteiger partial charge in [-0.3, -0.25) is 0 Å². The molecule has 4 rings (SSSR count). The Morgan fingerprint density at radius 1 is 0.964 bits per heavy atom. The van der Waals surface area contributed by atoms with E-state index < -0.39 is 12.2 Å². The van der Waals surface area contributed by atoms with Crippen molar-refractivity contribution in [1.82, 2.24) is 0 Å². The van der Waals surface area contributed by atoms with Gasteiger partial charge in [-0.25, -0.2) is 4.39 Å². The lowest BCUT2D eigenvalue weighted by atomic mass is 10.1. The average Bonchev–Trinajstić information content (AvgIpc) is 3.13. The molecule has 0 aliphatic carbocycles. The van der Waals surface area contributed by atoms with Gasteiger partial charge in [-0.1, -0.05) is 41.9 Å². The number of hydrogen-bond acceptors (Lipinski definition) is 4. The summed E-state index contributed by atoms with van der Waals surface area (Å²) >= 11 is 7.89. The smallest absolute Gasteiger partial charge is 0.123 e. The van der Waals surface area contributed by atoms with Crippen LogP contribution in [-0.2, 0) is 11.2 Å². The van der Waals surface area contributed by atoms with Crippen LogP contribution in [0, 0.1) is 5.82 Å². The molecule has 1 aliphatic rings. The van der Waals surface area contributed by atoms with Crippen molar-refractivity contribution in [2.24, 2.45) is 0 Å². The first-order valence-electron chi connectivity index (χ1n) is 9.03. The number of ether oxygens (including phenoxy) is 1. The zero-order valence-corrected chi connectivity index (χ0v) is 16.8. The standard InChI is InChI=1S/C17H12ClFS.C5H10O3/c18-16-4-2-1-3-13(16)11-15-9-10-17(20-15)12-5-7-14(19)8-6-12;6-4-1-5(7)3-8-2-4/h1-10H,11H2;4-7H,1-3H2. The van der Waals surface area contributed by atoms with Gasteiger partial charge in [0.15, 0.2) is 0 Å². The van der Waals surface area contributed by atoms with Crippen LogP contribution in [0.15, 0.2) is 60.7 Å². The van der Waals surface area contributed by atoms with Gasteiger partial charge in [0.25, 0.3) is 0 Å². The molecule has 2 heterocycles. The number of hydrogen-bond donors (Lipinski definition) is 2. The molecule has 0 bridgehead atoms. The van der Waals surface area contributed by atoms with E-state index >= 15 is 0 Å². The van der Waals surface area contributed by atoms with Crippen molar-refractivity contribution >= 4 is 22.9 Å². The zero-order valence-electron chi connectivity index (χ0n) is 15.2. The molecule has 2 aromatic carbocycles. The van der Waals surface area contributed by atoms with Crippen molar-refractivity contribution in [3.63, 3.8) is 0 Å². The predicted octanol–water partition coefficient (Wildman–Crippen LogP) is 4.93. The van der Waals surface area contributed by atoms with Crippen molar-refractivity contribution < 1.29 is 19.3 Å². The van der Waals surface area contributed by atoms with Gasteiger partial charge in [-0.05, 0) is 41.5 Å². The molecule has 1 saturated heterocycles. The highest BCUT2D eigenvalue weighted by Crippen LogP contribution is 2.30. The molecule has 2 N–H and O–H groups in total. The highest BCUT2D eigenvalue weighted by atomic mass is 35.5. The number of rotatable bonds is 3. The topological polar surface area (TPSA) is 49.7 Å². The maximum absolute atomic E-state index is 12.9. The van der Waals surface area contributed by atoms with Crippen LogP contribution >= 0.6 is 22.9 Å². The average molecular weight is 421 g/mol. The Morgan fingerprint density at radius 3 is 2.25 bits per heavy atom. The number of thiophene rings is 1. The van der Waals surface area contributed by atoms with Gasteiger partial charge in [0.05, 0.1) is 25.4 Å². The molecular weight excluding hydrogens is 399 g/mol. The van der Waals surface area contributed by atoms with Gasteiger partial charge in [0, 0.05) is 27.6 Å².